The fourth-order valence-electron chi connectivity index (χ4n) is 2.21. The van der Waals surface area contributed by atoms with Gasteiger partial charge in [-0.2, -0.15) is 0 Å². The van der Waals surface area contributed by atoms with Crippen molar-refractivity contribution in [2.24, 2.45) is 0 Å². The number of rotatable bonds is 10. The third kappa shape index (κ3) is 6.29. The molecule has 114 valence electrons. The lowest BCUT2D eigenvalue weighted by molar-refractivity contribution is 0.324. The summed E-state index contributed by atoms with van der Waals surface area (Å²) in [4.78, 5) is 3.92. The van der Waals surface area contributed by atoms with Crippen molar-refractivity contribution in [3.63, 3.8) is 0 Å². The Morgan fingerprint density at radius 2 is 1.90 bits per heavy atom. The predicted molar refractivity (Wildman–Crippen MR) is 91.7 cm³/mol. The lowest BCUT2D eigenvalue weighted by Gasteiger charge is -2.18. The summed E-state index contributed by atoms with van der Waals surface area (Å²) in [7, 11) is 0. The zero-order valence-corrected chi connectivity index (χ0v) is 14.4. The monoisotopic (exact) mass is 294 g/mol. The van der Waals surface area contributed by atoms with E-state index in [9.17, 15) is 0 Å². The number of hydrogen-bond donors (Lipinski definition) is 1. The van der Waals surface area contributed by atoms with Gasteiger partial charge >= 0.3 is 0 Å². The standard InChI is InChI=1S/C17H30N2S/c1-5-10-18-14-16-13-15(4)8-9-17(16)20-12-11-19(6-2)7-3/h8-9,13,18H,5-7,10-12,14H2,1-4H3. The summed E-state index contributed by atoms with van der Waals surface area (Å²) < 4.78 is 0. The maximum absolute atomic E-state index is 3.52. The van der Waals surface area contributed by atoms with Gasteiger partial charge in [-0.25, -0.2) is 0 Å². The number of nitrogens with one attached hydrogen (secondary N) is 1. The first-order valence-corrected chi connectivity index (χ1v) is 8.85. The maximum Gasteiger partial charge on any atom is 0.0216 e. The summed E-state index contributed by atoms with van der Waals surface area (Å²) in [6, 6.07) is 6.83. The summed E-state index contributed by atoms with van der Waals surface area (Å²) in [6.45, 7) is 14.4. The molecule has 0 aliphatic rings. The van der Waals surface area contributed by atoms with Crippen LogP contribution in [0.4, 0.5) is 0 Å². The van der Waals surface area contributed by atoms with Crippen LogP contribution in [0.5, 0.6) is 0 Å². The summed E-state index contributed by atoms with van der Waals surface area (Å²) in [5.74, 6) is 1.17. The SMILES string of the molecule is CCCNCc1cc(C)ccc1SCCN(CC)CC. The van der Waals surface area contributed by atoms with E-state index in [0.717, 1.165) is 26.2 Å². The first-order valence-electron chi connectivity index (χ1n) is 7.86. The van der Waals surface area contributed by atoms with Gasteiger partial charge in [0, 0.05) is 23.7 Å². The van der Waals surface area contributed by atoms with Crippen LogP contribution in [0, 0.1) is 6.92 Å². The molecule has 20 heavy (non-hydrogen) atoms. The molecule has 0 fully saturated rings. The van der Waals surface area contributed by atoms with E-state index in [1.54, 1.807) is 0 Å². The van der Waals surface area contributed by atoms with Gasteiger partial charge in [-0.3, -0.25) is 0 Å². The Kier molecular flexibility index (Phi) is 8.99. The van der Waals surface area contributed by atoms with Crippen molar-refractivity contribution < 1.29 is 0 Å². The zero-order valence-electron chi connectivity index (χ0n) is 13.5. The second-order valence-electron chi connectivity index (χ2n) is 5.16. The average molecular weight is 295 g/mol. The van der Waals surface area contributed by atoms with E-state index in [1.165, 1.54) is 34.7 Å². The lowest BCUT2D eigenvalue weighted by atomic mass is 10.1. The molecule has 3 heteroatoms. The van der Waals surface area contributed by atoms with Crippen molar-refractivity contribution in [2.45, 2.75) is 45.6 Å². The molecule has 0 aliphatic carbocycles. The van der Waals surface area contributed by atoms with E-state index in [4.69, 9.17) is 0 Å². The summed E-state index contributed by atoms with van der Waals surface area (Å²) >= 11 is 1.99. The van der Waals surface area contributed by atoms with Gasteiger partial charge in [-0.15, -0.1) is 11.8 Å². The highest BCUT2D eigenvalue weighted by atomic mass is 32.2. The average Bonchev–Trinajstić information content (AvgIpc) is 2.46. The molecule has 0 amide bonds. The van der Waals surface area contributed by atoms with E-state index >= 15 is 0 Å². The number of benzene rings is 1. The van der Waals surface area contributed by atoms with Crippen LogP contribution in [0.15, 0.2) is 23.1 Å². The number of hydrogen-bond acceptors (Lipinski definition) is 3. The zero-order chi connectivity index (χ0) is 14.8. The first-order chi connectivity index (χ1) is 9.71. The van der Waals surface area contributed by atoms with Crippen LogP contribution in [-0.2, 0) is 6.54 Å². The van der Waals surface area contributed by atoms with E-state index < -0.39 is 0 Å². The van der Waals surface area contributed by atoms with Crippen molar-refractivity contribution in [3.8, 4) is 0 Å². The van der Waals surface area contributed by atoms with Gasteiger partial charge in [0.05, 0.1) is 0 Å². The number of nitrogens with zero attached hydrogens (tertiary/aromatic N) is 1. The van der Waals surface area contributed by atoms with Gasteiger partial charge in [0.1, 0.15) is 0 Å². The van der Waals surface area contributed by atoms with Crippen LogP contribution in [0.1, 0.15) is 38.3 Å². The quantitative estimate of drug-likeness (QED) is 0.520. The molecule has 1 aromatic carbocycles. The molecule has 0 bridgehead atoms. The van der Waals surface area contributed by atoms with Crippen molar-refractivity contribution in [3.05, 3.63) is 29.3 Å². The van der Waals surface area contributed by atoms with Crippen LogP contribution in [-0.4, -0.2) is 36.8 Å². The van der Waals surface area contributed by atoms with E-state index in [0.29, 0.717) is 0 Å². The van der Waals surface area contributed by atoms with Crippen LogP contribution >= 0.6 is 11.8 Å². The summed E-state index contributed by atoms with van der Waals surface area (Å²) in [5, 5.41) is 3.52. The van der Waals surface area contributed by atoms with Crippen LogP contribution in [0.3, 0.4) is 0 Å². The molecule has 0 saturated carbocycles. The molecular formula is C17H30N2S. The minimum Gasteiger partial charge on any atom is -0.313 e. The molecule has 0 saturated heterocycles. The van der Waals surface area contributed by atoms with Crippen molar-refractivity contribution in [1.29, 1.82) is 0 Å². The highest BCUT2D eigenvalue weighted by Crippen LogP contribution is 2.24. The van der Waals surface area contributed by atoms with Gasteiger partial charge < -0.3 is 10.2 Å². The molecule has 0 spiro atoms. The highest BCUT2D eigenvalue weighted by Gasteiger charge is 2.05. The molecule has 0 aliphatic heterocycles. The van der Waals surface area contributed by atoms with Gasteiger partial charge in [-0.05, 0) is 44.6 Å². The van der Waals surface area contributed by atoms with Crippen LogP contribution < -0.4 is 5.32 Å². The molecule has 0 radical (unpaired) electrons. The van der Waals surface area contributed by atoms with Crippen molar-refractivity contribution in [2.75, 3.05) is 31.9 Å². The van der Waals surface area contributed by atoms with Gasteiger partial charge in [0.15, 0.2) is 0 Å². The Morgan fingerprint density at radius 3 is 2.55 bits per heavy atom. The smallest absolute Gasteiger partial charge is 0.0216 e. The number of thioether (sulfide) groups is 1. The minimum atomic E-state index is 0.989. The largest absolute Gasteiger partial charge is 0.313 e. The van der Waals surface area contributed by atoms with E-state index in [2.05, 4.69) is 56.1 Å². The third-order valence-corrected chi connectivity index (χ3v) is 4.61. The maximum atomic E-state index is 3.52. The van der Waals surface area contributed by atoms with E-state index in [-0.39, 0.29) is 0 Å². The molecule has 1 N–H and O–H groups in total. The molecule has 0 heterocycles. The molecule has 2 nitrogen and oxygen atoms in total. The Morgan fingerprint density at radius 1 is 1.15 bits per heavy atom. The van der Waals surface area contributed by atoms with Crippen LogP contribution in [0.25, 0.3) is 0 Å². The summed E-state index contributed by atoms with van der Waals surface area (Å²) in [6.07, 6.45) is 1.19. The van der Waals surface area contributed by atoms with Gasteiger partial charge in [0.25, 0.3) is 0 Å². The van der Waals surface area contributed by atoms with Crippen molar-refractivity contribution >= 4 is 11.8 Å². The minimum absolute atomic E-state index is 0.989. The molecule has 0 unspecified atom stereocenters. The van der Waals surface area contributed by atoms with E-state index in [1.807, 2.05) is 11.8 Å². The highest BCUT2D eigenvalue weighted by molar-refractivity contribution is 7.99. The molecule has 1 rings (SSSR count). The second kappa shape index (κ2) is 10.3. The first kappa shape index (κ1) is 17.5. The van der Waals surface area contributed by atoms with Gasteiger partial charge in [0.2, 0.25) is 0 Å². The predicted octanol–water partition coefficient (Wildman–Crippen LogP) is 3.93. The normalized spacial score (nSPS) is 11.2. The Hall–Kier alpha value is -0.510. The lowest BCUT2D eigenvalue weighted by Crippen LogP contribution is -2.25. The molecule has 1 aromatic rings. The van der Waals surface area contributed by atoms with Gasteiger partial charge in [-0.1, -0.05) is 38.5 Å². The number of aryl methyl sites for hydroxylation is 1. The molecular weight excluding hydrogens is 264 g/mol. The third-order valence-electron chi connectivity index (χ3n) is 3.52. The Labute approximate surface area is 129 Å². The second-order valence-corrected chi connectivity index (χ2v) is 6.30. The summed E-state index contributed by atoms with van der Waals surface area (Å²) in [5.41, 5.74) is 2.80. The van der Waals surface area contributed by atoms with Crippen LogP contribution in [0.2, 0.25) is 0 Å². The fraction of sp³-hybridized carbons (Fsp3) is 0.647. The Bertz CT molecular complexity index is 375. The molecule has 0 atom stereocenters. The fourth-order valence-corrected chi connectivity index (χ4v) is 3.26. The molecule has 0 aromatic heterocycles. The Balaban J connectivity index is 2.54. The van der Waals surface area contributed by atoms with Crippen molar-refractivity contribution in [1.82, 2.24) is 10.2 Å². The topological polar surface area (TPSA) is 15.3 Å².